The zero-order valence-electron chi connectivity index (χ0n) is 16.5. The third-order valence-electron chi connectivity index (χ3n) is 4.25. The number of aromatic nitrogens is 1. The van der Waals surface area contributed by atoms with Gasteiger partial charge in [0.25, 0.3) is 0 Å². The third kappa shape index (κ3) is 4.89. The Balaban J connectivity index is 1.76. The van der Waals surface area contributed by atoms with Crippen LogP contribution in [0.25, 0.3) is 11.3 Å². The van der Waals surface area contributed by atoms with Crippen molar-refractivity contribution in [3.05, 3.63) is 51.3 Å². The Labute approximate surface area is 182 Å². The molecule has 29 heavy (non-hydrogen) atoms. The molecule has 1 heterocycles. The van der Waals surface area contributed by atoms with Crippen LogP contribution in [0.2, 0.25) is 0 Å². The lowest BCUT2D eigenvalue weighted by molar-refractivity contribution is -0.115. The summed E-state index contributed by atoms with van der Waals surface area (Å²) in [6.07, 6.45) is 0.156. The highest BCUT2D eigenvalue weighted by atomic mass is 79.9. The van der Waals surface area contributed by atoms with Gasteiger partial charge in [-0.3, -0.25) is 4.79 Å². The largest absolute Gasteiger partial charge is 0.493 e. The molecule has 0 saturated carbocycles. The highest BCUT2D eigenvalue weighted by Crippen LogP contribution is 2.38. The molecule has 6 nitrogen and oxygen atoms in total. The second kappa shape index (κ2) is 9.28. The number of anilines is 1. The van der Waals surface area contributed by atoms with E-state index >= 15 is 0 Å². The Hall–Kier alpha value is -2.58. The normalized spacial score (nSPS) is 10.5. The smallest absolute Gasteiger partial charge is 0.230 e. The van der Waals surface area contributed by atoms with E-state index in [1.54, 1.807) is 33.5 Å². The maximum Gasteiger partial charge on any atom is 0.230 e. The van der Waals surface area contributed by atoms with Gasteiger partial charge in [-0.05, 0) is 36.8 Å². The summed E-state index contributed by atoms with van der Waals surface area (Å²) >= 11 is 4.88. The number of carbonyl (C=O) groups excluding carboxylic acids is 1. The van der Waals surface area contributed by atoms with Crippen LogP contribution in [0.3, 0.4) is 0 Å². The lowest BCUT2D eigenvalue weighted by atomic mass is 10.1. The number of hydrogen-bond donors (Lipinski definition) is 1. The van der Waals surface area contributed by atoms with Gasteiger partial charge in [-0.2, -0.15) is 0 Å². The predicted octanol–water partition coefficient (Wildman–Crippen LogP) is 5.09. The van der Waals surface area contributed by atoms with Crippen LogP contribution in [0.5, 0.6) is 17.2 Å². The van der Waals surface area contributed by atoms with Crippen LogP contribution in [0.15, 0.2) is 40.9 Å². The van der Waals surface area contributed by atoms with E-state index in [1.165, 1.54) is 11.3 Å². The summed E-state index contributed by atoms with van der Waals surface area (Å²) in [5.41, 5.74) is 2.62. The van der Waals surface area contributed by atoms with Crippen molar-refractivity contribution in [1.82, 2.24) is 4.98 Å². The predicted molar refractivity (Wildman–Crippen MR) is 118 cm³/mol. The lowest BCUT2D eigenvalue weighted by Crippen LogP contribution is -2.14. The van der Waals surface area contributed by atoms with E-state index in [0.717, 1.165) is 26.2 Å². The molecule has 0 unspecified atom stereocenters. The van der Waals surface area contributed by atoms with E-state index in [4.69, 9.17) is 14.2 Å². The lowest BCUT2D eigenvalue weighted by Gasteiger charge is -2.13. The Kier molecular flexibility index (Phi) is 6.76. The molecule has 8 heteroatoms. The fourth-order valence-corrected chi connectivity index (χ4v) is 4.03. The van der Waals surface area contributed by atoms with Crippen molar-refractivity contribution < 1.29 is 19.0 Å². The molecule has 0 radical (unpaired) electrons. The van der Waals surface area contributed by atoms with Gasteiger partial charge in [0, 0.05) is 14.9 Å². The molecule has 0 aliphatic carbocycles. The monoisotopic (exact) mass is 476 g/mol. The van der Waals surface area contributed by atoms with E-state index in [0.29, 0.717) is 22.4 Å². The second-order valence-corrected chi connectivity index (χ2v) is 8.31. The van der Waals surface area contributed by atoms with E-state index in [-0.39, 0.29) is 12.3 Å². The molecular formula is C21H21BrN2O4S. The zero-order valence-corrected chi connectivity index (χ0v) is 18.9. The summed E-state index contributed by atoms with van der Waals surface area (Å²) in [5.74, 6) is 1.35. The van der Waals surface area contributed by atoms with Gasteiger partial charge in [-0.25, -0.2) is 4.98 Å². The van der Waals surface area contributed by atoms with E-state index in [2.05, 4.69) is 26.2 Å². The molecule has 0 saturated heterocycles. The number of amides is 1. The molecule has 152 valence electrons. The molecule has 0 bridgehead atoms. The molecule has 2 aromatic carbocycles. The second-order valence-electron chi connectivity index (χ2n) is 6.19. The number of ether oxygens (including phenoxy) is 3. The number of thiazole rings is 1. The fraction of sp³-hybridized carbons (Fsp3) is 0.238. The van der Waals surface area contributed by atoms with Crippen LogP contribution in [0, 0.1) is 6.92 Å². The summed E-state index contributed by atoms with van der Waals surface area (Å²) < 4.78 is 17.0. The molecule has 1 aromatic heterocycles. The van der Waals surface area contributed by atoms with Crippen molar-refractivity contribution in [2.75, 3.05) is 26.6 Å². The number of halogens is 1. The van der Waals surface area contributed by atoms with Crippen molar-refractivity contribution in [2.24, 2.45) is 0 Å². The topological polar surface area (TPSA) is 69.7 Å². The molecule has 1 N–H and O–H groups in total. The standard InChI is InChI=1S/C21H21BrN2O4S/c1-12-19(14-5-7-15(22)8-6-14)24-21(29-12)23-18(25)11-13-9-16(26-2)20(28-4)17(10-13)27-3/h5-10H,11H2,1-4H3,(H,23,24,25). The van der Waals surface area contributed by atoms with Gasteiger partial charge in [0.2, 0.25) is 11.7 Å². The molecule has 0 aliphatic rings. The highest BCUT2D eigenvalue weighted by molar-refractivity contribution is 9.10. The van der Waals surface area contributed by atoms with Crippen LogP contribution in [0.1, 0.15) is 10.4 Å². The number of nitrogens with zero attached hydrogens (tertiary/aromatic N) is 1. The summed E-state index contributed by atoms with van der Waals surface area (Å²) in [6, 6.07) is 11.5. The van der Waals surface area contributed by atoms with Gasteiger partial charge in [-0.15, -0.1) is 11.3 Å². The van der Waals surface area contributed by atoms with E-state index in [1.807, 2.05) is 31.2 Å². The summed E-state index contributed by atoms with van der Waals surface area (Å²) in [5, 5.41) is 3.45. The van der Waals surface area contributed by atoms with Crippen molar-refractivity contribution >= 4 is 38.3 Å². The first-order valence-corrected chi connectivity index (χ1v) is 10.4. The van der Waals surface area contributed by atoms with Crippen molar-refractivity contribution in [3.8, 4) is 28.5 Å². The third-order valence-corrected chi connectivity index (χ3v) is 5.66. The van der Waals surface area contributed by atoms with Crippen molar-refractivity contribution in [3.63, 3.8) is 0 Å². The fourth-order valence-electron chi connectivity index (χ4n) is 2.91. The Bertz CT molecular complexity index is 993. The minimum absolute atomic E-state index is 0.156. The minimum Gasteiger partial charge on any atom is -0.493 e. The van der Waals surface area contributed by atoms with Crippen molar-refractivity contribution in [1.29, 1.82) is 0 Å². The SMILES string of the molecule is COc1cc(CC(=O)Nc2nc(-c3ccc(Br)cc3)c(C)s2)cc(OC)c1OC. The highest BCUT2D eigenvalue weighted by Gasteiger charge is 2.16. The first kappa shape index (κ1) is 21.1. The Morgan fingerprint density at radius 2 is 1.69 bits per heavy atom. The van der Waals surface area contributed by atoms with E-state index < -0.39 is 0 Å². The quantitative estimate of drug-likeness (QED) is 0.514. The number of carbonyl (C=O) groups is 1. The number of hydrogen-bond acceptors (Lipinski definition) is 6. The van der Waals surface area contributed by atoms with Crippen LogP contribution >= 0.6 is 27.3 Å². The molecule has 0 atom stereocenters. The number of nitrogens with one attached hydrogen (secondary N) is 1. The van der Waals surface area contributed by atoms with Crippen molar-refractivity contribution in [2.45, 2.75) is 13.3 Å². The summed E-state index contributed by atoms with van der Waals surface area (Å²) in [6.45, 7) is 1.99. The number of methoxy groups -OCH3 is 3. The first-order valence-electron chi connectivity index (χ1n) is 8.77. The molecule has 0 spiro atoms. The molecule has 1 amide bonds. The average molecular weight is 477 g/mol. The van der Waals surface area contributed by atoms with Crippen LogP contribution in [-0.4, -0.2) is 32.2 Å². The minimum atomic E-state index is -0.171. The molecule has 0 aliphatic heterocycles. The van der Waals surface area contributed by atoms with Gasteiger partial charge >= 0.3 is 0 Å². The van der Waals surface area contributed by atoms with Crippen LogP contribution in [-0.2, 0) is 11.2 Å². The molecular weight excluding hydrogens is 456 g/mol. The molecule has 3 aromatic rings. The molecule has 3 rings (SSSR count). The van der Waals surface area contributed by atoms with Crippen LogP contribution < -0.4 is 19.5 Å². The summed E-state index contributed by atoms with van der Waals surface area (Å²) in [7, 11) is 4.63. The Morgan fingerprint density at radius 1 is 1.07 bits per heavy atom. The van der Waals surface area contributed by atoms with Gasteiger partial charge in [0.15, 0.2) is 16.6 Å². The maximum absolute atomic E-state index is 12.6. The number of benzene rings is 2. The van der Waals surface area contributed by atoms with Crippen LogP contribution in [0.4, 0.5) is 5.13 Å². The summed E-state index contributed by atoms with van der Waals surface area (Å²) in [4.78, 5) is 18.2. The maximum atomic E-state index is 12.6. The van der Waals surface area contributed by atoms with E-state index in [9.17, 15) is 4.79 Å². The van der Waals surface area contributed by atoms with Gasteiger partial charge < -0.3 is 19.5 Å². The first-order chi connectivity index (χ1) is 13.9. The number of aryl methyl sites for hydroxylation is 1. The van der Waals surface area contributed by atoms with Gasteiger partial charge in [-0.1, -0.05) is 28.1 Å². The van der Waals surface area contributed by atoms with Gasteiger partial charge in [0.1, 0.15) is 0 Å². The molecule has 0 fully saturated rings. The van der Waals surface area contributed by atoms with Gasteiger partial charge in [0.05, 0.1) is 33.4 Å². The zero-order chi connectivity index (χ0) is 21.0. The number of rotatable bonds is 7. The average Bonchev–Trinajstić information content (AvgIpc) is 3.07. The Morgan fingerprint density at radius 3 is 2.24 bits per heavy atom.